The molecule has 0 fully saturated rings. The lowest BCUT2D eigenvalue weighted by molar-refractivity contribution is 0.251. The van der Waals surface area contributed by atoms with E-state index in [1.54, 1.807) is 7.11 Å². The van der Waals surface area contributed by atoms with Gasteiger partial charge in [-0.1, -0.05) is 6.92 Å². The maximum atomic E-state index is 9.08. The van der Waals surface area contributed by atoms with Crippen molar-refractivity contribution < 1.29 is 9.84 Å². The Morgan fingerprint density at radius 1 is 1.47 bits per heavy atom. The third kappa shape index (κ3) is 3.30. The Morgan fingerprint density at radius 2 is 2.18 bits per heavy atom. The highest BCUT2D eigenvalue weighted by molar-refractivity contribution is 5.49. The van der Waals surface area contributed by atoms with Crippen LogP contribution in [0.25, 0.3) is 0 Å². The molecule has 1 aromatic heterocycles. The van der Waals surface area contributed by atoms with Crippen LogP contribution in [-0.4, -0.2) is 34.3 Å². The van der Waals surface area contributed by atoms with E-state index >= 15 is 0 Å². The van der Waals surface area contributed by atoms with Gasteiger partial charge in [-0.25, -0.2) is 9.97 Å². The molecule has 0 bridgehead atoms. The quantitative estimate of drug-likeness (QED) is 0.791. The molecule has 5 nitrogen and oxygen atoms in total. The monoisotopic (exact) mass is 239 g/mol. The molecule has 0 spiro atoms. The number of anilines is 1. The van der Waals surface area contributed by atoms with Crippen molar-refractivity contribution >= 4 is 5.82 Å². The van der Waals surface area contributed by atoms with Crippen LogP contribution in [0.15, 0.2) is 6.33 Å². The second kappa shape index (κ2) is 5.82. The van der Waals surface area contributed by atoms with E-state index in [2.05, 4.69) is 29.1 Å². The number of aliphatic hydroxyl groups is 1. The minimum atomic E-state index is -0.168. The topological polar surface area (TPSA) is 67.3 Å². The lowest BCUT2D eigenvalue weighted by Crippen LogP contribution is -2.35. The molecule has 0 amide bonds. The van der Waals surface area contributed by atoms with E-state index in [1.165, 1.54) is 6.33 Å². The van der Waals surface area contributed by atoms with Gasteiger partial charge in [0.2, 0.25) is 5.88 Å². The molecule has 96 valence electrons. The second-order valence-corrected chi connectivity index (χ2v) is 4.37. The van der Waals surface area contributed by atoms with Crippen LogP contribution in [0.3, 0.4) is 0 Å². The molecule has 0 aromatic carbocycles. The van der Waals surface area contributed by atoms with E-state index in [-0.39, 0.29) is 12.1 Å². The molecular formula is C12H21N3O2. The van der Waals surface area contributed by atoms with Gasteiger partial charge in [-0.2, -0.15) is 0 Å². The first-order chi connectivity index (χ1) is 8.06. The third-order valence-corrected chi connectivity index (χ3v) is 3.10. The summed E-state index contributed by atoms with van der Waals surface area (Å²) in [4.78, 5) is 8.25. The maximum absolute atomic E-state index is 9.08. The number of rotatable bonds is 6. The van der Waals surface area contributed by atoms with E-state index in [9.17, 15) is 0 Å². The van der Waals surface area contributed by atoms with E-state index in [4.69, 9.17) is 9.84 Å². The smallest absolute Gasteiger partial charge is 0.221 e. The summed E-state index contributed by atoms with van der Waals surface area (Å²) in [5.74, 6) is 1.33. The normalized spacial score (nSPS) is 14.2. The lowest BCUT2D eigenvalue weighted by atomic mass is 9.95. The Kier molecular flexibility index (Phi) is 4.69. The van der Waals surface area contributed by atoms with Crippen LogP contribution < -0.4 is 10.1 Å². The zero-order valence-electron chi connectivity index (χ0n) is 10.9. The molecule has 1 unspecified atom stereocenters. The van der Waals surface area contributed by atoms with Crippen molar-refractivity contribution in [3.8, 4) is 5.88 Å². The summed E-state index contributed by atoms with van der Waals surface area (Å²) < 4.78 is 5.15. The Labute approximate surface area is 102 Å². The van der Waals surface area contributed by atoms with E-state index in [1.807, 2.05) is 6.92 Å². The van der Waals surface area contributed by atoms with Crippen molar-refractivity contribution in [2.45, 2.75) is 39.2 Å². The fourth-order valence-electron chi connectivity index (χ4n) is 1.63. The highest BCUT2D eigenvalue weighted by Crippen LogP contribution is 2.25. The van der Waals surface area contributed by atoms with Gasteiger partial charge in [-0.3, -0.25) is 0 Å². The molecule has 0 saturated heterocycles. The molecule has 5 heteroatoms. The molecule has 0 radical (unpaired) electrons. The van der Waals surface area contributed by atoms with Gasteiger partial charge in [-0.05, 0) is 26.7 Å². The predicted octanol–water partition coefficient (Wildman–Crippen LogP) is 1.76. The van der Waals surface area contributed by atoms with Crippen LogP contribution in [0.1, 0.15) is 32.3 Å². The average molecular weight is 239 g/mol. The van der Waals surface area contributed by atoms with E-state index in [0.29, 0.717) is 12.3 Å². The van der Waals surface area contributed by atoms with Gasteiger partial charge in [0.05, 0.1) is 12.7 Å². The van der Waals surface area contributed by atoms with Crippen molar-refractivity contribution in [2.75, 3.05) is 19.0 Å². The van der Waals surface area contributed by atoms with E-state index in [0.717, 1.165) is 17.8 Å². The Morgan fingerprint density at radius 3 is 2.71 bits per heavy atom. The molecule has 1 heterocycles. The third-order valence-electron chi connectivity index (χ3n) is 3.10. The number of nitrogens with one attached hydrogen (secondary N) is 1. The summed E-state index contributed by atoms with van der Waals surface area (Å²) in [6.07, 6.45) is 3.05. The van der Waals surface area contributed by atoms with Gasteiger partial charge < -0.3 is 15.2 Å². The van der Waals surface area contributed by atoms with Gasteiger partial charge in [0, 0.05) is 12.1 Å². The molecule has 0 saturated carbocycles. The summed E-state index contributed by atoms with van der Waals surface area (Å²) in [7, 11) is 1.59. The van der Waals surface area contributed by atoms with Crippen LogP contribution in [0.2, 0.25) is 0 Å². The first-order valence-corrected chi connectivity index (χ1v) is 5.81. The SMILES string of the molecule is CCC(C)(CCO)Nc1ncnc(OC)c1C. The number of ether oxygens (including phenoxy) is 1. The van der Waals surface area contributed by atoms with Gasteiger partial charge in [-0.15, -0.1) is 0 Å². The summed E-state index contributed by atoms with van der Waals surface area (Å²) in [6.45, 7) is 6.21. The van der Waals surface area contributed by atoms with Crippen molar-refractivity contribution in [2.24, 2.45) is 0 Å². The Hall–Kier alpha value is -1.36. The molecular weight excluding hydrogens is 218 g/mol. The summed E-state index contributed by atoms with van der Waals surface area (Å²) >= 11 is 0. The van der Waals surface area contributed by atoms with Crippen LogP contribution in [-0.2, 0) is 0 Å². The van der Waals surface area contributed by atoms with Gasteiger partial charge in [0.15, 0.2) is 0 Å². The number of hydrogen-bond donors (Lipinski definition) is 2. The van der Waals surface area contributed by atoms with Crippen LogP contribution in [0, 0.1) is 6.92 Å². The molecule has 0 aliphatic carbocycles. The van der Waals surface area contributed by atoms with Crippen LogP contribution in [0.4, 0.5) is 5.82 Å². The van der Waals surface area contributed by atoms with Gasteiger partial charge >= 0.3 is 0 Å². The average Bonchev–Trinajstić information content (AvgIpc) is 2.32. The molecule has 0 aliphatic rings. The number of aliphatic hydroxyl groups excluding tert-OH is 1. The Balaban J connectivity index is 2.93. The van der Waals surface area contributed by atoms with Gasteiger partial charge in [0.1, 0.15) is 12.1 Å². The molecule has 17 heavy (non-hydrogen) atoms. The first-order valence-electron chi connectivity index (χ1n) is 5.81. The van der Waals surface area contributed by atoms with Crippen molar-refractivity contribution in [3.05, 3.63) is 11.9 Å². The minimum Gasteiger partial charge on any atom is -0.481 e. The molecule has 0 aliphatic heterocycles. The van der Waals surface area contributed by atoms with Crippen molar-refractivity contribution in [1.29, 1.82) is 0 Å². The summed E-state index contributed by atoms with van der Waals surface area (Å²) in [5, 5.41) is 12.4. The van der Waals surface area contributed by atoms with Crippen LogP contribution >= 0.6 is 0 Å². The van der Waals surface area contributed by atoms with Crippen molar-refractivity contribution in [1.82, 2.24) is 9.97 Å². The number of hydrogen-bond acceptors (Lipinski definition) is 5. The highest BCUT2D eigenvalue weighted by Gasteiger charge is 2.23. The number of methoxy groups -OCH3 is 1. The van der Waals surface area contributed by atoms with E-state index < -0.39 is 0 Å². The number of aromatic nitrogens is 2. The summed E-state index contributed by atoms with van der Waals surface area (Å²) in [5.41, 5.74) is 0.714. The van der Waals surface area contributed by atoms with Crippen molar-refractivity contribution in [3.63, 3.8) is 0 Å². The Bertz CT molecular complexity index is 371. The number of nitrogens with zero attached hydrogens (tertiary/aromatic N) is 2. The standard InChI is InChI=1S/C12H21N3O2/c1-5-12(3,6-7-16)15-10-9(2)11(17-4)14-8-13-10/h8,16H,5-7H2,1-4H3,(H,13,14,15). The zero-order valence-corrected chi connectivity index (χ0v) is 10.9. The van der Waals surface area contributed by atoms with Gasteiger partial charge in [0.25, 0.3) is 0 Å². The summed E-state index contributed by atoms with van der Waals surface area (Å²) in [6, 6.07) is 0. The fraction of sp³-hybridized carbons (Fsp3) is 0.667. The molecule has 1 atom stereocenters. The molecule has 2 N–H and O–H groups in total. The first kappa shape index (κ1) is 13.7. The maximum Gasteiger partial charge on any atom is 0.221 e. The second-order valence-electron chi connectivity index (χ2n) is 4.37. The lowest BCUT2D eigenvalue weighted by Gasteiger charge is -2.30. The minimum absolute atomic E-state index is 0.151. The molecule has 1 rings (SSSR count). The predicted molar refractivity (Wildman–Crippen MR) is 67.3 cm³/mol. The van der Waals surface area contributed by atoms with Crippen LogP contribution in [0.5, 0.6) is 5.88 Å². The fourth-order valence-corrected chi connectivity index (χ4v) is 1.63. The largest absolute Gasteiger partial charge is 0.481 e. The molecule has 1 aromatic rings. The zero-order chi connectivity index (χ0) is 12.9. The highest BCUT2D eigenvalue weighted by atomic mass is 16.5.